The highest BCUT2D eigenvalue weighted by molar-refractivity contribution is 6.14. The molecule has 2 aromatic rings. The maximum Gasteiger partial charge on any atom is 0.166 e. The molecule has 8 heteroatoms. The normalized spacial score (nSPS) is 19.9. The Balaban J connectivity index is 1.93. The average molecular weight is 435 g/mol. The van der Waals surface area contributed by atoms with Gasteiger partial charge in [0.1, 0.15) is 12.4 Å². The fraction of sp³-hybridized carbons (Fsp3) is 0.292. The highest BCUT2D eigenvalue weighted by Gasteiger charge is 2.23. The third-order valence-corrected chi connectivity index (χ3v) is 5.80. The summed E-state index contributed by atoms with van der Waals surface area (Å²) in [5.74, 6) is 0.261. The molecular weight excluding hydrogens is 407 g/mol. The Labute approximate surface area is 186 Å². The van der Waals surface area contributed by atoms with E-state index < -0.39 is 0 Å². The monoisotopic (exact) mass is 434 g/mol. The predicted molar refractivity (Wildman–Crippen MR) is 126 cm³/mol. The molecule has 1 fully saturated rings. The van der Waals surface area contributed by atoms with E-state index >= 15 is 0 Å². The minimum absolute atomic E-state index is 0.0777. The van der Waals surface area contributed by atoms with E-state index in [0.29, 0.717) is 29.0 Å². The van der Waals surface area contributed by atoms with Crippen molar-refractivity contribution in [2.24, 2.45) is 21.5 Å². The number of halogens is 1. The number of benzene rings is 1. The smallest absolute Gasteiger partial charge is 0.166 e. The van der Waals surface area contributed by atoms with Gasteiger partial charge < -0.3 is 21.9 Å². The number of rotatable bonds is 2. The molecule has 166 valence electrons. The fourth-order valence-electron chi connectivity index (χ4n) is 3.81. The van der Waals surface area contributed by atoms with E-state index in [0.717, 1.165) is 41.7 Å². The van der Waals surface area contributed by atoms with E-state index in [2.05, 4.69) is 9.98 Å². The van der Waals surface area contributed by atoms with Crippen LogP contribution in [0.25, 0.3) is 5.70 Å². The number of pyridine rings is 1. The summed E-state index contributed by atoms with van der Waals surface area (Å²) in [4.78, 5) is 13.5. The van der Waals surface area contributed by atoms with Crippen LogP contribution in [-0.4, -0.2) is 30.0 Å². The Morgan fingerprint density at radius 2 is 2.03 bits per heavy atom. The predicted octanol–water partition coefficient (Wildman–Crippen LogP) is 3.34. The first kappa shape index (κ1) is 21.5. The number of allylic oxidation sites excluding steroid dienone is 2. The summed E-state index contributed by atoms with van der Waals surface area (Å²) in [5.41, 5.74) is 23.5. The number of hydrogen-bond donors (Lipinski definition) is 3. The Bertz CT molecular complexity index is 1150. The van der Waals surface area contributed by atoms with Crippen molar-refractivity contribution in [3.63, 3.8) is 0 Å². The lowest BCUT2D eigenvalue weighted by molar-refractivity contribution is 0.306. The van der Waals surface area contributed by atoms with Gasteiger partial charge >= 0.3 is 0 Å². The molecule has 0 atom stereocenters. The highest BCUT2D eigenvalue weighted by atomic mass is 19.1. The maximum absolute atomic E-state index is 14.0. The molecule has 6 N–H and O–H groups in total. The van der Waals surface area contributed by atoms with Gasteiger partial charge in [-0.2, -0.15) is 0 Å². The molecule has 32 heavy (non-hydrogen) atoms. The van der Waals surface area contributed by atoms with E-state index in [9.17, 15) is 4.39 Å². The van der Waals surface area contributed by atoms with Crippen molar-refractivity contribution < 1.29 is 9.13 Å². The van der Waals surface area contributed by atoms with Crippen LogP contribution in [-0.2, 0) is 6.61 Å². The van der Waals surface area contributed by atoms with Crippen LogP contribution in [0.5, 0.6) is 5.75 Å². The zero-order valence-electron chi connectivity index (χ0n) is 18.0. The van der Waals surface area contributed by atoms with Gasteiger partial charge in [-0.1, -0.05) is 0 Å². The van der Waals surface area contributed by atoms with Crippen LogP contribution < -0.4 is 21.9 Å². The van der Waals surface area contributed by atoms with Gasteiger partial charge in [0.15, 0.2) is 11.6 Å². The second-order valence-electron chi connectivity index (χ2n) is 7.95. The molecule has 2 aliphatic rings. The van der Waals surface area contributed by atoms with Crippen molar-refractivity contribution >= 4 is 23.4 Å². The number of anilines is 1. The first-order chi connectivity index (χ1) is 15.5. The first-order valence-electron chi connectivity index (χ1n) is 10.6. The summed E-state index contributed by atoms with van der Waals surface area (Å²) in [6.07, 6.45) is 8.55. The molecule has 1 aromatic heterocycles. The largest absolute Gasteiger partial charge is 0.485 e. The Hall–Kier alpha value is -3.68. The number of aliphatic imine (C=N–C) groups is 2. The number of hydrogen-bond acceptors (Lipinski definition) is 7. The molecule has 1 aliphatic carbocycles. The highest BCUT2D eigenvalue weighted by Crippen LogP contribution is 2.31. The van der Waals surface area contributed by atoms with Gasteiger partial charge in [0.2, 0.25) is 0 Å². The number of nitrogens with two attached hydrogens (primary N) is 3. The lowest BCUT2D eigenvalue weighted by atomic mass is 9.91. The topological polar surface area (TPSA) is 125 Å². The molecule has 0 unspecified atom stereocenters. The lowest BCUT2D eigenvalue weighted by Gasteiger charge is -2.24. The fourth-order valence-corrected chi connectivity index (χ4v) is 3.81. The minimum Gasteiger partial charge on any atom is -0.485 e. The van der Waals surface area contributed by atoms with Gasteiger partial charge in [-0.05, 0) is 60.9 Å². The van der Waals surface area contributed by atoms with Crippen LogP contribution in [0.4, 0.5) is 10.2 Å². The van der Waals surface area contributed by atoms with Crippen LogP contribution >= 0.6 is 0 Å². The molecule has 1 saturated carbocycles. The zero-order chi connectivity index (χ0) is 22.7. The summed E-state index contributed by atoms with van der Waals surface area (Å²) in [6.45, 7) is 0.0777. The van der Waals surface area contributed by atoms with Crippen molar-refractivity contribution in [2.75, 3.05) is 12.8 Å². The van der Waals surface area contributed by atoms with Crippen molar-refractivity contribution in [1.82, 2.24) is 4.98 Å². The molecule has 0 spiro atoms. The summed E-state index contributed by atoms with van der Waals surface area (Å²) >= 11 is 0. The van der Waals surface area contributed by atoms with Gasteiger partial charge in [-0.25, -0.2) is 9.37 Å². The number of fused-ring (bicyclic) bond motifs is 3. The minimum atomic E-state index is -0.379. The van der Waals surface area contributed by atoms with Crippen molar-refractivity contribution in [3.8, 4) is 5.75 Å². The van der Waals surface area contributed by atoms with Crippen LogP contribution in [0.2, 0.25) is 0 Å². The van der Waals surface area contributed by atoms with E-state index in [-0.39, 0.29) is 24.3 Å². The van der Waals surface area contributed by atoms with Gasteiger partial charge in [0, 0.05) is 48.3 Å². The summed E-state index contributed by atoms with van der Waals surface area (Å²) in [7, 11) is 1.68. The second-order valence-corrected chi connectivity index (χ2v) is 7.95. The summed E-state index contributed by atoms with van der Waals surface area (Å²) in [5, 5.41) is 0. The molecule has 0 radical (unpaired) electrons. The Morgan fingerprint density at radius 3 is 2.72 bits per heavy atom. The van der Waals surface area contributed by atoms with Gasteiger partial charge in [0.25, 0.3) is 0 Å². The first-order valence-corrected chi connectivity index (χ1v) is 10.6. The molecule has 1 aliphatic heterocycles. The van der Waals surface area contributed by atoms with Crippen molar-refractivity contribution in [3.05, 3.63) is 70.3 Å². The maximum atomic E-state index is 14.0. The second kappa shape index (κ2) is 9.21. The van der Waals surface area contributed by atoms with Crippen LogP contribution in [0.1, 0.15) is 42.4 Å². The molecular formula is C24H27FN6O. The third kappa shape index (κ3) is 4.34. The van der Waals surface area contributed by atoms with Gasteiger partial charge in [-0.3, -0.25) is 9.98 Å². The number of nitrogens with zero attached hydrogens (tertiary/aromatic N) is 3. The van der Waals surface area contributed by atoms with Gasteiger partial charge in [0.05, 0.1) is 11.8 Å². The average Bonchev–Trinajstić information content (AvgIpc) is 2.75. The summed E-state index contributed by atoms with van der Waals surface area (Å²) in [6, 6.07) is 6.47. The van der Waals surface area contributed by atoms with Crippen molar-refractivity contribution in [2.45, 2.75) is 38.3 Å². The molecule has 2 bridgehead atoms. The van der Waals surface area contributed by atoms with E-state index in [1.165, 1.54) is 12.1 Å². The molecule has 1 aromatic carbocycles. The van der Waals surface area contributed by atoms with Crippen molar-refractivity contribution in [1.29, 1.82) is 0 Å². The SMILES string of the molecule is CN=CC1=C(N)c2ccc(F)cc2COc2cc(cnc2N)C(=NC2CCC2)C(=CN)C1. The Morgan fingerprint density at radius 1 is 1.22 bits per heavy atom. The zero-order valence-corrected chi connectivity index (χ0v) is 18.0. The molecule has 7 nitrogen and oxygen atoms in total. The van der Waals surface area contributed by atoms with Crippen LogP contribution in [0.15, 0.2) is 57.8 Å². The van der Waals surface area contributed by atoms with Gasteiger partial charge in [-0.15, -0.1) is 0 Å². The van der Waals surface area contributed by atoms with Crippen LogP contribution in [0.3, 0.4) is 0 Å². The third-order valence-electron chi connectivity index (χ3n) is 5.80. The lowest BCUT2D eigenvalue weighted by Crippen LogP contribution is -2.21. The number of aromatic nitrogens is 1. The molecule has 0 saturated heterocycles. The van der Waals surface area contributed by atoms with E-state index in [1.54, 1.807) is 31.7 Å². The standard InChI is InChI=1S/C24H27FN6O/c1-29-11-15-7-14(10-26)23(31-19-3-2-4-19)16-9-21(24(28)30-12-16)32-13-17-8-18(25)5-6-20(17)22(15)27/h5-6,8-12,19H,2-4,7,13,26-27H2,1H3,(H2,28,30). The number of ether oxygens (including phenoxy) is 1. The molecule has 4 rings (SSSR count). The Kier molecular flexibility index (Phi) is 6.20. The quantitative estimate of drug-likeness (QED) is 0.625. The molecule has 2 heterocycles. The molecule has 0 amide bonds. The van der Waals surface area contributed by atoms with E-state index in [1.807, 2.05) is 6.07 Å². The van der Waals surface area contributed by atoms with E-state index in [4.69, 9.17) is 26.9 Å². The number of nitrogen functional groups attached to an aromatic ring is 1. The van der Waals surface area contributed by atoms with Crippen LogP contribution in [0, 0.1) is 5.82 Å². The summed E-state index contributed by atoms with van der Waals surface area (Å²) < 4.78 is 20.0.